The number of benzene rings is 1. The monoisotopic (exact) mass is 299 g/mol. The molecule has 5 heteroatoms. The van der Waals surface area contributed by atoms with E-state index in [-0.39, 0.29) is 5.91 Å². The standard InChI is InChI=1S/C17H21N3O2/c1-3-4-10-22-14-7-5-6-13(11-14)16-9-8-15(12(2)19-16)17(21)20-18/h5-9,11H,3-4,10,18H2,1-2H3,(H,20,21). The molecule has 5 nitrogen and oxygen atoms in total. The van der Waals surface area contributed by atoms with Crippen molar-refractivity contribution in [3.63, 3.8) is 0 Å². The smallest absolute Gasteiger partial charge is 0.267 e. The zero-order valence-electron chi connectivity index (χ0n) is 12.9. The second kappa shape index (κ2) is 7.56. The van der Waals surface area contributed by atoms with Gasteiger partial charge in [0.1, 0.15) is 5.75 Å². The first kappa shape index (κ1) is 16.0. The molecule has 2 rings (SSSR count). The van der Waals surface area contributed by atoms with Crippen LogP contribution in [0.3, 0.4) is 0 Å². The van der Waals surface area contributed by atoms with E-state index in [0.29, 0.717) is 17.9 Å². The maximum absolute atomic E-state index is 11.6. The summed E-state index contributed by atoms with van der Waals surface area (Å²) in [6, 6.07) is 11.3. The number of ether oxygens (including phenoxy) is 1. The molecule has 116 valence electrons. The number of nitrogens with one attached hydrogen (secondary N) is 1. The first-order valence-corrected chi connectivity index (χ1v) is 7.37. The van der Waals surface area contributed by atoms with Gasteiger partial charge in [-0.1, -0.05) is 25.5 Å². The Morgan fingerprint density at radius 1 is 1.32 bits per heavy atom. The van der Waals surface area contributed by atoms with E-state index in [1.807, 2.05) is 30.3 Å². The highest BCUT2D eigenvalue weighted by molar-refractivity contribution is 5.95. The third-order valence-electron chi connectivity index (χ3n) is 3.36. The fourth-order valence-corrected chi connectivity index (χ4v) is 2.12. The summed E-state index contributed by atoms with van der Waals surface area (Å²) in [6.07, 6.45) is 2.13. The molecule has 0 atom stereocenters. The highest BCUT2D eigenvalue weighted by Gasteiger charge is 2.10. The molecule has 3 N–H and O–H groups in total. The zero-order chi connectivity index (χ0) is 15.9. The highest BCUT2D eigenvalue weighted by Crippen LogP contribution is 2.23. The van der Waals surface area contributed by atoms with E-state index in [9.17, 15) is 4.79 Å². The van der Waals surface area contributed by atoms with E-state index in [0.717, 1.165) is 29.8 Å². The predicted molar refractivity (Wildman–Crippen MR) is 86.5 cm³/mol. The van der Waals surface area contributed by atoms with Crippen LogP contribution in [0.4, 0.5) is 0 Å². The molecule has 2 aromatic rings. The number of nitrogens with two attached hydrogens (primary N) is 1. The quantitative estimate of drug-likeness (QED) is 0.372. The number of carbonyl (C=O) groups excluding carboxylic acids is 1. The van der Waals surface area contributed by atoms with Gasteiger partial charge in [0.05, 0.1) is 23.6 Å². The lowest BCUT2D eigenvalue weighted by Crippen LogP contribution is -2.30. The Bertz CT molecular complexity index is 656. The molecule has 0 aliphatic rings. The Morgan fingerprint density at radius 2 is 2.14 bits per heavy atom. The maximum Gasteiger partial charge on any atom is 0.267 e. The molecule has 0 aliphatic carbocycles. The number of nitrogen functional groups attached to an aromatic ring is 1. The number of pyridine rings is 1. The zero-order valence-corrected chi connectivity index (χ0v) is 12.9. The summed E-state index contributed by atoms with van der Waals surface area (Å²) in [5, 5.41) is 0. The third kappa shape index (κ3) is 3.83. The molecule has 0 fully saturated rings. The van der Waals surface area contributed by atoms with Crippen LogP contribution in [0.25, 0.3) is 11.3 Å². The van der Waals surface area contributed by atoms with E-state index in [1.54, 1.807) is 13.0 Å². The molecule has 0 saturated carbocycles. The van der Waals surface area contributed by atoms with Crippen molar-refractivity contribution in [2.75, 3.05) is 6.61 Å². The molecule has 0 saturated heterocycles. The number of nitrogens with zero attached hydrogens (tertiary/aromatic N) is 1. The van der Waals surface area contributed by atoms with Gasteiger partial charge in [-0.2, -0.15) is 0 Å². The van der Waals surface area contributed by atoms with Crippen LogP contribution in [-0.4, -0.2) is 17.5 Å². The van der Waals surface area contributed by atoms with Crippen LogP contribution in [0.5, 0.6) is 5.75 Å². The largest absolute Gasteiger partial charge is 0.494 e. The molecular weight excluding hydrogens is 278 g/mol. The van der Waals surface area contributed by atoms with E-state index in [2.05, 4.69) is 17.3 Å². The van der Waals surface area contributed by atoms with E-state index >= 15 is 0 Å². The summed E-state index contributed by atoms with van der Waals surface area (Å²) in [5.41, 5.74) is 4.98. The second-order valence-corrected chi connectivity index (χ2v) is 5.03. The summed E-state index contributed by atoms with van der Waals surface area (Å²) >= 11 is 0. The molecule has 1 amide bonds. The van der Waals surface area contributed by atoms with Crippen LogP contribution in [0.1, 0.15) is 35.8 Å². The average Bonchev–Trinajstić information content (AvgIpc) is 2.54. The van der Waals surface area contributed by atoms with Crippen LogP contribution >= 0.6 is 0 Å². The van der Waals surface area contributed by atoms with Crippen LogP contribution in [0.2, 0.25) is 0 Å². The Kier molecular flexibility index (Phi) is 5.49. The predicted octanol–water partition coefficient (Wildman–Crippen LogP) is 2.84. The topological polar surface area (TPSA) is 77.2 Å². The van der Waals surface area contributed by atoms with E-state index in [4.69, 9.17) is 10.6 Å². The average molecular weight is 299 g/mol. The van der Waals surface area contributed by atoms with Gasteiger partial charge in [0, 0.05) is 5.56 Å². The number of aromatic nitrogens is 1. The molecule has 0 bridgehead atoms. The van der Waals surface area contributed by atoms with Crippen molar-refractivity contribution in [2.24, 2.45) is 5.84 Å². The van der Waals surface area contributed by atoms with Crippen molar-refractivity contribution in [1.29, 1.82) is 0 Å². The number of carbonyl (C=O) groups is 1. The minimum Gasteiger partial charge on any atom is -0.494 e. The van der Waals surface area contributed by atoms with Crippen molar-refractivity contribution in [2.45, 2.75) is 26.7 Å². The van der Waals surface area contributed by atoms with Crippen molar-refractivity contribution >= 4 is 5.91 Å². The molecule has 22 heavy (non-hydrogen) atoms. The highest BCUT2D eigenvalue weighted by atomic mass is 16.5. The Hall–Kier alpha value is -2.40. The molecule has 1 heterocycles. The minimum atomic E-state index is -0.340. The number of hydrogen-bond acceptors (Lipinski definition) is 4. The van der Waals surface area contributed by atoms with Crippen LogP contribution < -0.4 is 16.0 Å². The van der Waals surface area contributed by atoms with Crippen LogP contribution in [0, 0.1) is 6.92 Å². The lowest BCUT2D eigenvalue weighted by Gasteiger charge is -2.09. The van der Waals surface area contributed by atoms with Gasteiger partial charge >= 0.3 is 0 Å². The molecule has 0 unspecified atom stereocenters. The minimum absolute atomic E-state index is 0.340. The van der Waals surface area contributed by atoms with Gasteiger partial charge in [-0.25, -0.2) is 5.84 Å². The molecule has 1 aromatic carbocycles. The molecule has 0 aliphatic heterocycles. The lowest BCUT2D eigenvalue weighted by atomic mass is 10.1. The third-order valence-corrected chi connectivity index (χ3v) is 3.36. The lowest BCUT2D eigenvalue weighted by molar-refractivity contribution is 0.0952. The number of unbranched alkanes of at least 4 members (excludes halogenated alkanes) is 1. The summed E-state index contributed by atoms with van der Waals surface area (Å²) in [7, 11) is 0. The van der Waals surface area contributed by atoms with Crippen molar-refractivity contribution in [1.82, 2.24) is 10.4 Å². The van der Waals surface area contributed by atoms with Gasteiger partial charge in [-0.05, 0) is 37.6 Å². The summed E-state index contributed by atoms with van der Waals surface area (Å²) < 4.78 is 5.71. The Balaban J connectivity index is 2.23. The molecule has 0 radical (unpaired) electrons. The maximum atomic E-state index is 11.6. The van der Waals surface area contributed by atoms with Crippen molar-refractivity contribution in [3.8, 4) is 17.0 Å². The van der Waals surface area contributed by atoms with Crippen molar-refractivity contribution in [3.05, 3.63) is 47.7 Å². The number of hydrazine groups is 1. The summed E-state index contributed by atoms with van der Waals surface area (Å²) in [4.78, 5) is 16.1. The van der Waals surface area contributed by atoms with Gasteiger partial charge in [-0.3, -0.25) is 15.2 Å². The van der Waals surface area contributed by atoms with Gasteiger partial charge in [0.25, 0.3) is 5.91 Å². The Morgan fingerprint density at radius 3 is 2.82 bits per heavy atom. The number of amides is 1. The SMILES string of the molecule is CCCCOc1cccc(-c2ccc(C(=O)NN)c(C)n2)c1. The van der Waals surface area contributed by atoms with Gasteiger partial charge in [0.2, 0.25) is 0 Å². The molecule has 0 spiro atoms. The second-order valence-electron chi connectivity index (χ2n) is 5.03. The first-order valence-electron chi connectivity index (χ1n) is 7.37. The van der Waals surface area contributed by atoms with Crippen molar-refractivity contribution < 1.29 is 9.53 Å². The number of hydrogen-bond donors (Lipinski definition) is 2. The Labute approximate surface area is 130 Å². The van der Waals surface area contributed by atoms with Crippen LogP contribution in [0.15, 0.2) is 36.4 Å². The fraction of sp³-hybridized carbons (Fsp3) is 0.294. The van der Waals surface area contributed by atoms with Crippen LogP contribution in [-0.2, 0) is 0 Å². The first-order chi connectivity index (χ1) is 10.7. The van der Waals surface area contributed by atoms with Gasteiger partial charge in [0.15, 0.2) is 0 Å². The molecular formula is C17H21N3O2. The normalized spacial score (nSPS) is 10.3. The summed E-state index contributed by atoms with van der Waals surface area (Å²) in [6.45, 7) is 4.63. The summed E-state index contributed by atoms with van der Waals surface area (Å²) in [5.74, 6) is 5.64. The fourth-order valence-electron chi connectivity index (χ4n) is 2.12. The number of rotatable bonds is 6. The van der Waals surface area contributed by atoms with Gasteiger partial charge < -0.3 is 4.74 Å². The van der Waals surface area contributed by atoms with Gasteiger partial charge in [-0.15, -0.1) is 0 Å². The molecule has 1 aromatic heterocycles. The van der Waals surface area contributed by atoms with E-state index < -0.39 is 0 Å². The number of aryl methyl sites for hydroxylation is 1. The van der Waals surface area contributed by atoms with E-state index in [1.165, 1.54) is 0 Å².